The van der Waals surface area contributed by atoms with Gasteiger partial charge in [0.05, 0.1) is 0 Å². The summed E-state index contributed by atoms with van der Waals surface area (Å²) in [5.74, 6) is 0.665. The smallest absolute Gasteiger partial charge is 0.163 e. The molecule has 3 heteroatoms. The van der Waals surface area contributed by atoms with Crippen LogP contribution >= 0.6 is 0 Å². The fourth-order valence-corrected chi connectivity index (χ4v) is 7.29. The van der Waals surface area contributed by atoms with Crippen molar-refractivity contribution in [2.24, 2.45) is 0 Å². The Labute approximate surface area is 280 Å². The van der Waals surface area contributed by atoms with Crippen LogP contribution in [-0.2, 0) is 0 Å². The van der Waals surface area contributed by atoms with E-state index in [1.165, 1.54) is 55.7 Å². The van der Waals surface area contributed by atoms with Gasteiger partial charge in [-0.2, -0.15) is 0 Å². The minimum Gasteiger partial charge on any atom is -0.225 e. The molecule has 1 heterocycles. The van der Waals surface area contributed by atoms with Crippen LogP contribution in [-0.4, -0.2) is 15.0 Å². The molecule has 2 aliphatic rings. The quantitative estimate of drug-likeness (QED) is 0.188. The first kappa shape index (κ1) is 27.8. The second-order valence-corrected chi connectivity index (χ2v) is 12.0. The Hall–Kier alpha value is -6.45. The third kappa shape index (κ3) is 4.56. The van der Waals surface area contributed by atoms with Crippen LogP contribution in [0.15, 0.2) is 182 Å². The number of hydrogen-bond donors (Lipinski definition) is 0. The molecule has 0 spiro atoms. The molecule has 9 rings (SSSR count). The monoisotopic (exact) mass is 611 g/mol. The number of aromatic nitrogens is 3. The van der Waals surface area contributed by atoms with Gasteiger partial charge in [-0.1, -0.05) is 152 Å². The van der Waals surface area contributed by atoms with E-state index < -0.39 is 0 Å². The van der Waals surface area contributed by atoms with Crippen LogP contribution in [0.1, 0.15) is 33.6 Å². The van der Waals surface area contributed by atoms with Gasteiger partial charge in [-0.3, -0.25) is 0 Å². The third-order valence-corrected chi connectivity index (χ3v) is 9.27. The molecule has 1 aromatic heterocycles. The van der Waals surface area contributed by atoms with Gasteiger partial charge >= 0.3 is 0 Å². The molecular weight excluding hydrogens is 583 g/mol. The van der Waals surface area contributed by atoms with Crippen LogP contribution in [0.2, 0.25) is 0 Å². The molecule has 0 bridgehead atoms. The lowest BCUT2D eigenvalue weighted by Crippen LogP contribution is -2.00. The van der Waals surface area contributed by atoms with E-state index in [0.717, 1.165) is 27.8 Å². The molecule has 0 atom stereocenters. The Bertz CT molecular complexity index is 2380. The Balaban J connectivity index is 1.47. The lowest BCUT2D eigenvalue weighted by atomic mass is 9.85. The maximum absolute atomic E-state index is 4.80. The van der Waals surface area contributed by atoms with Gasteiger partial charge in [-0.05, 0) is 84.5 Å². The van der Waals surface area contributed by atoms with E-state index >= 15 is 0 Å². The molecule has 0 aliphatic heterocycles. The van der Waals surface area contributed by atoms with E-state index in [1.807, 2.05) is 0 Å². The van der Waals surface area contributed by atoms with Gasteiger partial charge in [0.2, 0.25) is 0 Å². The zero-order valence-electron chi connectivity index (χ0n) is 26.1. The molecule has 0 N–H and O–H groups in total. The highest BCUT2D eigenvalue weighted by molar-refractivity contribution is 6.39. The van der Waals surface area contributed by atoms with Gasteiger partial charge in [0.25, 0.3) is 0 Å². The van der Waals surface area contributed by atoms with Crippen molar-refractivity contribution in [1.29, 1.82) is 0 Å². The van der Waals surface area contributed by atoms with Crippen molar-refractivity contribution in [2.75, 3.05) is 0 Å². The SMILES string of the molecule is c1ccc(C2=C(c3ccccc3)C(c3ccccc3)=C3C2=C(c2ncncn2)c2cc(-c4ccccc4)c(-c4ccccc4)cc23)cc1. The highest BCUT2D eigenvalue weighted by Crippen LogP contribution is 2.62. The molecule has 224 valence electrons. The molecule has 2 aliphatic carbocycles. The Morgan fingerprint density at radius 3 is 1.02 bits per heavy atom. The lowest BCUT2D eigenvalue weighted by Gasteiger charge is -2.18. The van der Waals surface area contributed by atoms with E-state index in [1.54, 1.807) is 12.7 Å². The summed E-state index contributed by atoms with van der Waals surface area (Å²) in [6.07, 6.45) is 3.20. The topological polar surface area (TPSA) is 38.7 Å². The average molecular weight is 612 g/mol. The number of nitrogens with zero attached hydrogens (tertiary/aromatic N) is 3. The molecule has 0 fully saturated rings. The summed E-state index contributed by atoms with van der Waals surface area (Å²) < 4.78 is 0. The number of fused-ring (bicyclic) bond motifs is 3. The molecule has 0 saturated heterocycles. The summed E-state index contributed by atoms with van der Waals surface area (Å²) in [5, 5.41) is 0. The number of allylic oxidation sites excluding steroid dienone is 5. The molecule has 0 saturated carbocycles. The van der Waals surface area contributed by atoms with Crippen LogP contribution in [0.5, 0.6) is 0 Å². The Morgan fingerprint density at radius 2 is 0.604 bits per heavy atom. The highest BCUT2D eigenvalue weighted by atomic mass is 15.0. The first-order chi connectivity index (χ1) is 23.9. The first-order valence-corrected chi connectivity index (χ1v) is 16.2. The fraction of sp³-hybridized carbons (Fsp3) is 0. The van der Waals surface area contributed by atoms with Gasteiger partial charge in [-0.15, -0.1) is 0 Å². The zero-order valence-corrected chi connectivity index (χ0v) is 26.1. The summed E-state index contributed by atoms with van der Waals surface area (Å²) in [4.78, 5) is 13.8. The summed E-state index contributed by atoms with van der Waals surface area (Å²) >= 11 is 0. The van der Waals surface area contributed by atoms with Gasteiger partial charge in [0.1, 0.15) is 12.7 Å². The van der Waals surface area contributed by atoms with E-state index in [4.69, 9.17) is 9.97 Å². The summed E-state index contributed by atoms with van der Waals surface area (Å²) in [7, 11) is 0. The largest absolute Gasteiger partial charge is 0.225 e. The Kier molecular flexibility index (Phi) is 6.80. The van der Waals surface area contributed by atoms with Crippen molar-refractivity contribution in [3.63, 3.8) is 0 Å². The first-order valence-electron chi connectivity index (χ1n) is 16.2. The number of hydrogen-bond acceptors (Lipinski definition) is 3. The predicted molar refractivity (Wildman–Crippen MR) is 196 cm³/mol. The molecule has 7 aromatic rings. The molecular formula is C45H29N3. The molecule has 0 radical (unpaired) electrons. The van der Waals surface area contributed by atoms with E-state index in [2.05, 4.69) is 169 Å². The average Bonchev–Trinajstić information content (AvgIpc) is 3.69. The van der Waals surface area contributed by atoms with Crippen molar-refractivity contribution in [3.05, 3.63) is 216 Å². The van der Waals surface area contributed by atoms with E-state index in [9.17, 15) is 0 Å². The molecule has 0 unspecified atom stereocenters. The maximum atomic E-state index is 4.80. The standard InChI is InChI=1S/C45H29N3/c1-6-16-30(17-7-1)35-26-37-38(27-36(35)31-18-8-2-9-19-31)43(45-47-28-46-29-48-45)44-41(34-24-14-5-15-25-34)39(32-20-10-3-11-21-32)40(42(37)44)33-22-12-4-13-23-33/h1-29H. The lowest BCUT2D eigenvalue weighted by molar-refractivity contribution is 1.02. The Morgan fingerprint density at radius 1 is 0.271 bits per heavy atom. The number of rotatable bonds is 6. The maximum Gasteiger partial charge on any atom is 0.163 e. The number of benzene rings is 6. The van der Waals surface area contributed by atoms with E-state index in [-0.39, 0.29) is 0 Å². The van der Waals surface area contributed by atoms with Crippen molar-refractivity contribution < 1.29 is 0 Å². The minimum absolute atomic E-state index is 0.665. The summed E-state index contributed by atoms with van der Waals surface area (Å²) in [6, 6.07) is 58.5. The normalized spacial score (nSPS) is 13.6. The van der Waals surface area contributed by atoms with Crippen LogP contribution in [0.4, 0.5) is 0 Å². The second-order valence-electron chi connectivity index (χ2n) is 12.0. The van der Waals surface area contributed by atoms with Gasteiger partial charge < -0.3 is 0 Å². The van der Waals surface area contributed by atoms with Crippen LogP contribution in [0.3, 0.4) is 0 Å². The predicted octanol–water partition coefficient (Wildman–Crippen LogP) is 10.6. The summed E-state index contributed by atoms with van der Waals surface area (Å²) in [6.45, 7) is 0. The van der Waals surface area contributed by atoms with Crippen molar-refractivity contribution in [1.82, 2.24) is 15.0 Å². The third-order valence-electron chi connectivity index (χ3n) is 9.27. The van der Waals surface area contributed by atoms with Gasteiger partial charge in [0, 0.05) is 11.1 Å². The second kappa shape index (κ2) is 11.7. The van der Waals surface area contributed by atoms with Crippen LogP contribution in [0, 0.1) is 0 Å². The molecule has 48 heavy (non-hydrogen) atoms. The van der Waals surface area contributed by atoms with E-state index in [0.29, 0.717) is 5.82 Å². The molecule has 6 aromatic carbocycles. The van der Waals surface area contributed by atoms with Gasteiger partial charge in [-0.25, -0.2) is 15.0 Å². The highest BCUT2D eigenvalue weighted by Gasteiger charge is 2.41. The molecule has 0 amide bonds. The zero-order chi connectivity index (χ0) is 31.9. The summed E-state index contributed by atoms with van der Waals surface area (Å²) in [5.41, 5.74) is 17.5. The molecule has 3 nitrogen and oxygen atoms in total. The van der Waals surface area contributed by atoms with Crippen molar-refractivity contribution in [3.8, 4) is 22.3 Å². The van der Waals surface area contributed by atoms with Crippen molar-refractivity contribution in [2.45, 2.75) is 0 Å². The van der Waals surface area contributed by atoms with Crippen LogP contribution < -0.4 is 0 Å². The van der Waals surface area contributed by atoms with Crippen LogP contribution in [0.25, 0.3) is 50.1 Å². The van der Waals surface area contributed by atoms with Gasteiger partial charge in [0.15, 0.2) is 5.82 Å². The van der Waals surface area contributed by atoms with Crippen molar-refractivity contribution >= 4 is 27.9 Å². The minimum atomic E-state index is 0.665. The fourth-order valence-electron chi connectivity index (χ4n) is 7.29.